The number of pyridine rings is 1. The molecule has 1 aromatic carbocycles. The number of carbonyl (C=O) groups is 4. The Bertz CT molecular complexity index is 1540. The molecule has 0 saturated carbocycles. The van der Waals surface area contributed by atoms with Gasteiger partial charge in [0.05, 0.1) is 5.88 Å². The summed E-state index contributed by atoms with van der Waals surface area (Å²) >= 11 is 1.28. The maximum Gasteiger partial charge on any atom is 0.415 e. The van der Waals surface area contributed by atoms with E-state index in [-0.39, 0.29) is 34.3 Å². The van der Waals surface area contributed by atoms with Gasteiger partial charge in [-0.3, -0.25) is 14.6 Å². The van der Waals surface area contributed by atoms with Gasteiger partial charge in [-0.15, -0.1) is 11.8 Å². The van der Waals surface area contributed by atoms with Crippen molar-refractivity contribution in [2.45, 2.75) is 69.2 Å². The van der Waals surface area contributed by atoms with Crippen LogP contribution in [0.5, 0.6) is 5.75 Å². The Morgan fingerprint density at radius 1 is 1.07 bits per heavy atom. The van der Waals surface area contributed by atoms with Crippen LogP contribution < -0.4 is 10.1 Å². The molecule has 13 nitrogen and oxygen atoms in total. The summed E-state index contributed by atoms with van der Waals surface area (Å²) in [5, 5.41) is 12.5. The zero-order chi connectivity index (χ0) is 33.9. The van der Waals surface area contributed by atoms with Crippen LogP contribution in [0.3, 0.4) is 0 Å². The van der Waals surface area contributed by atoms with Gasteiger partial charge in [0.1, 0.15) is 22.7 Å². The van der Waals surface area contributed by atoms with Crippen molar-refractivity contribution in [1.29, 1.82) is 0 Å². The van der Waals surface area contributed by atoms with E-state index >= 15 is 0 Å². The molecule has 2 N–H and O–H groups in total. The number of benzene rings is 1. The summed E-state index contributed by atoms with van der Waals surface area (Å²) in [5.41, 5.74) is 0.435. The molecule has 2 aromatic rings. The first-order valence-corrected chi connectivity index (χ1v) is 17.3. The van der Waals surface area contributed by atoms with E-state index < -0.39 is 44.8 Å². The second kappa shape index (κ2) is 14.0. The lowest BCUT2D eigenvalue weighted by Crippen LogP contribution is -2.56. The number of piperazine rings is 1. The van der Waals surface area contributed by atoms with Gasteiger partial charge in [-0.05, 0) is 49.1 Å². The molecule has 2 saturated heterocycles. The molecule has 2 fully saturated rings. The van der Waals surface area contributed by atoms with Crippen LogP contribution >= 0.6 is 11.8 Å². The van der Waals surface area contributed by atoms with Crippen molar-refractivity contribution in [3.8, 4) is 5.75 Å². The number of nitrogens with zero attached hydrogens (tertiary/aromatic N) is 4. The third kappa shape index (κ3) is 8.56. The molecule has 2 aliphatic rings. The predicted octanol–water partition coefficient (Wildman–Crippen LogP) is 2.82. The number of aromatic nitrogens is 1. The van der Waals surface area contributed by atoms with Gasteiger partial charge in [0.2, 0.25) is 21.8 Å². The number of amides is 3. The Morgan fingerprint density at radius 2 is 1.70 bits per heavy atom. The lowest BCUT2D eigenvalue weighted by molar-refractivity contribution is -0.142. The molecule has 2 aliphatic heterocycles. The minimum atomic E-state index is -4.08. The van der Waals surface area contributed by atoms with E-state index in [1.807, 2.05) is 20.8 Å². The van der Waals surface area contributed by atoms with E-state index in [1.54, 1.807) is 30.9 Å². The number of hydrogen-bond donors (Lipinski definition) is 2. The van der Waals surface area contributed by atoms with Crippen molar-refractivity contribution in [2.24, 2.45) is 5.41 Å². The van der Waals surface area contributed by atoms with Crippen LogP contribution in [-0.4, -0.2) is 105 Å². The van der Waals surface area contributed by atoms with Crippen LogP contribution in [0.15, 0.2) is 53.7 Å². The molecule has 0 bridgehead atoms. The number of nitrogens with one attached hydrogen (secondary N) is 1. The van der Waals surface area contributed by atoms with Gasteiger partial charge in [0.25, 0.3) is 0 Å². The zero-order valence-corrected chi connectivity index (χ0v) is 28.3. The molecule has 15 heteroatoms. The highest BCUT2D eigenvalue weighted by molar-refractivity contribution is 8.02. The normalized spacial score (nSPS) is 19.4. The smallest absolute Gasteiger partial charge is 0.415 e. The summed E-state index contributed by atoms with van der Waals surface area (Å²) in [6.07, 6.45) is 2.45. The summed E-state index contributed by atoms with van der Waals surface area (Å²) in [5.74, 6) is -1.66. The maximum absolute atomic E-state index is 13.5. The molecule has 4 rings (SSSR count). The summed E-state index contributed by atoms with van der Waals surface area (Å²) in [6.45, 7) is 11.0. The molecule has 1 aromatic heterocycles. The number of carbonyl (C=O) groups excluding carboxylic acids is 3. The van der Waals surface area contributed by atoms with E-state index in [1.165, 1.54) is 53.3 Å². The van der Waals surface area contributed by atoms with Gasteiger partial charge < -0.3 is 25.0 Å². The second-order valence-electron chi connectivity index (χ2n) is 13.1. The predicted molar refractivity (Wildman–Crippen MR) is 172 cm³/mol. The third-order valence-electron chi connectivity index (χ3n) is 7.75. The molecule has 250 valence electrons. The van der Waals surface area contributed by atoms with Crippen molar-refractivity contribution >= 4 is 45.7 Å². The Morgan fingerprint density at radius 3 is 2.26 bits per heavy atom. The molecule has 0 aliphatic carbocycles. The van der Waals surface area contributed by atoms with Gasteiger partial charge in [-0.2, -0.15) is 4.31 Å². The summed E-state index contributed by atoms with van der Waals surface area (Å²) < 4.78 is 32.5. The van der Waals surface area contributed by atoms with E-state index in [4.69, 9.17) is 4.74 Å². The van der Waals surface area contributed by atoms with Gasteiger partial charge in [0, 0.05) is 56.2 Å². The summed E-state index contributed by atoms with van der Waals surface area (Å²) in [7, 11) is -4.08. The van der Waals surface area contributed by atoms with Gasteiger partial charge in [0.15, 0.2) is 0 Å². The quantitative estimate of drug-likeness (QED) is 0.404. The Hall–Kier alpha value is -3.69. The highest BCUT2D eigenvalue weighted by Gasteiger charge is 2.51. The number of carboxylic acid groups (broad SMARTS) is 1. The molecule has 0 radical (unpaired) electrons. The number of carboxylic acids is 1. The number of aliphatic carboxylic acids is 1. The highest BCUT2D eigenvalue weighted by Crippen LogP contribution is 2.42. The van der Waals surface area contributed by atoms with Crippen LogP contribution in [0.25, 0.3) is 0 Å². The van der Waals surface area contributed by atoms with Crippen LogP contribution in [0, 0.1) is 5.41 Å². The van der Waals surface area contributed by atoms with Gasteiger partial charge >= 0.3 is 12.1 Å². The minimum Gasteiger partial charge on any atom is -0.480 e. The topological polar surface area (TPSA) is 167 Å². The monoisotopic (exact) mass is 675 g/mol. The average molecular weight is 676 g/mol. The first-order valence-electron chi connectivity index (χ1n) is 14.9. The number of rotatable bonds is 9. The first kappa shape index (κ1) is 35.2. The fourth-order valence-corrected chi connectivity index (χ4v) is 8.40. The molecular formula is C31H41N5O8S2. The maximum atomic E-state index is 13.5. The Balaban J connectivity index is 1.36. The van der Waals surface area contributed by atoms with Gasteiger partial charge in [-0.25, -0.2) is 18.0 Å². The Labute approximate surface area is 273 Å². The summed E-state index contributed by atoms with van der Waals surface area (Å²) in [4.78, 5) is 58.0. The summed E-state index contributed by atoms with van der Waals surface area (Å²) in [6, 6.07) is 6.65. The van der Waals surface area contributed by atoms with E-state index in [9.17, 15) is 32.7 Å². The molecule has 3 amide bonds. The largest absolute Gasteiger partial charge is 0.480 e. The highest BCUT2D eigenvalue weighted by atomic mass is 32.2. The third-order valence-corrected chi connectivity index (χ3v) is 11.1. The fourth-order valence-electron chi connectivity index (χ4n) is 5.27. The second-order valence-corrected chi connectivity index (χ2v) is 16.6. The van der Waals surface area contributed by atoms with E-state index in [2.05, 4.69) is 10.3 Å². The first-order chi connectivity index (χ1) is 21.5. The molecule has 0 unspecified atom stereocenters. The molecule has 46 heavy (non-hydrogen) atoms. The Kier molecular flexibility index (Phi) is 10.7. The number of sulfonamides is 1. The van der Waals surface area contributed by atoms with Crippen molar-refractivity contribution < 1.29 is 37.4 Å². The van der Waals surface area contributed by atoms with Crippen LogP contribution in [0.2, 0.25) is 0 Å². The van der Waals surface area contributed by atoms with Crippen molar-refractivity contribution in [3.05, 3.63) is 54.4 Å². The molecule has 3 heterocycles. The number of ether oxygens (including phenoxy) is 1. The molecule has 2 atom stereocenters. The van der Waals surface area contributed by atoms with Crippen molar-refractivity contribution in [2.75, 3.05) is 32.1 Å². The fraction of sp³-hybridized carbons (Fsp3) is 0.516. The SMILES string of the molecule is CC(C)(C)CC(=O)N1CCN(C(=O)Oc2ccc(C[C@H](NC(=O)[C@H]3N(S(=O)(=O)c4cccnc4)CSC3(C)C)C(=O)O)cc2)CC1. The van der Waals surface area contributed by atoms with Crippen molar-refractivity contribution in [1.82, 2.24) is 24.4 Å². The van der Waals surface area contributed by atoms with E-state index in [0.717, 1.165) is 4.31 Å². The standard InChI is InChI=1S/C31H41N5O8S2/c1-30(2,3)18-25(37)34-13-15-35(16-14-34)29(41)44-22-10-8-21(9-11-22)17-24(28(39)40)33-27(38)26-31(4,5)45-20-36(26)46(42,43)23-7-6-12-32-19-23/h6-12,19,24,26H,13-18,20H2,1-5H3,(H,33,38)(H,39,40)/t24-,26+/m0/s1. The lowest BCUT2D eigenvalue weighted by atomic mass is 9.91. The van der Waals surface area contributed by atoms with Gasteiger partial charge in [-0.1, -0.05) is 32.9 Å². The number of hydrogen-bond acceptors (Lipinski definition) is 9. The van der Waals surface area contributed by atoms with E-state index in [0.29, 0.717) is 38.2 Å². The van der Waals surface area contributed by atoms with Crippen LogP contribution in [-0.2, 0) is 30.8 Å². The van der Waals surface area contributed by atoms with Crippen LogP contribution in [0.1, 0.15) is 46.6 Å². The number of thioether (sulfide) groups is 1. The lowest BCUT2D eigenvalue weighted by Gasteiger charge is -2.35. The average Bonchev–Trinajstić information content (AvgIpc) is 3.33. The minimum absolute atomic E-state index is 0.0191. The molecular weight excluding hydrogens is 635 g/mol. The zero-order valence-electron chi connectivity index (χ0n) is 26.6. The van der Waals surface area contributed by atoms with Crippen LogP contribution in [0.4, 0.5) is 4.79 Å². The van der Waals surface area contributed by atoms with Crippen molar-refractivity contribution in [3.63, 3.8) is 0 Å². The molecule has 0 spiro atoms.